The number of rotatable bonds is 3. The third kappa shape index (κ3) is 4.46. The topological polar surface area (TPSA) is 31.9 Å². The Morgan fingerprint density at radius 1 is 0.220 bits per heavy atom. The first-order chi connectivity index (χ1) is 29.2. The molecule has 274 valence electrons. The predicted octanol–water partition coefficient (Wildman–Crippen LogP) is 13.8. The number of benzene rings is 10. The Labute approximate surface area is 337 Å². The Morgan fingerprint density at radius 3 is 1.17 bits per heavy atom. The molecule has 0 spiro atoms. The largest absolute Gasteiger partial charge is 0.309 e. The Balaban J connectivity index is 1.23. The van der Waals surface area contributed by atoms with Gasteiger partial charge in [-0.1, -0.05) is 127 Å². The van der Waals surface area contributed by atoms with Crippen molar-refractivity contribution < 1.29 is 0 Å². The standard InChI is InChI=1S/C55H33N3O/c59-55-49-32-52-46(42-23-11-13-25-50(42)56(52)34-15-3-1-4-16-34)30-45(49)48-31-47-43-24-12-14-26-51(43)57(35-17-5-2-6-18-35)53(47)33-54(48)58(55)36-27-28-41-39-21-8-7-19-37(39)38-20-9-10-22-40(38)44(41)29-36/h1-33H. The first kappa shape index (κ1) is 32.2. The van der Waals surface area contributed by atoms with E-state index in [1.54, 1.807) is 0 Å². The first-order valence-electron chi connectivity index (χ1n) is 20.1. The molecule has 4 heteroatoms. The van der Waals surface area contributed by atoms with Crippen LogP contribution in [-0.2, 0) is 0 Å². The zero-order valence-corrected chi connectivity index (χ0v) is 31.8. The van der Waals surface area contributed by atoms with Gasteiger partial charge in [-0.15, -0.1) is 0 Å². The molecule has 0 bridgehead atoms. The smallest absolute Gasteiger partial charge is 0.263 e. The zero-order valence-electron chi connectivity index (χ0n) is 31.8. The minimum Gasteiger partial charge on any atom is -0.309 e. The van der Waals surface area contributed by atoms with Crippen LogP contribution in [0.3, 0.4) is 0 Å². The van der Waals surface area contributed by atoms with Crippen LogP contribution >= 0.6 is 0 Å². The minimum absolute atomic E-state index is 0.0505. The van der Waals surface area contributed by atoms with E-state index in [9.17, 15) is 0 Å². The lowest BCUT2D eigenvalue weighted by molar-refractivity contribution is 1.06. The second-order valence-corrected chi connectivity index (χ2v) is 15.6. The van der Waals surface area contributed by atoms with Crippen LogP contribution in [0.25, 0.3) is 115 Å². The van der Waals surface area contributed by atoms with Gasteiger partial charge in [0, 0.05) is 44.0 Å². The number of hydrogen-bond donors (Lipinski definition) is 0. The molecule has 0 saturated heterocycles. The van der Waals surface area contributed by atoms with E-state index >= 15 is 4.79 Å². The Hall–Kier alpha value is -7.95. The highest BCUT2D eigenvalue weighted by Crippen LogP contribution is 2.41. The number of pyridine rings is 1. The molecule has 3 aromatic heterocycles. The summed E-state index contributed by atoms with van der Waals surface area (Å²) in [7, 11) is 0. The second-order valence-electron chi connectivity index (χ2n) is 15.6. The lowest BCUT2D eigenvalue weighted by atomic mass is 9.94. The molecule has 0 radical (unpaired) electrons. The summed E-state index contributed by atoms with van der Waals surface area (Å²) in [5, 5.41) is 14.3. The lowest BCUT2D eigenvalue weighted by Crippen LogP contribution is -2.19. The molecule has 0 unspecified atom stereocenters. The normalized spacial score (nSPS) is 12.1. The fraction of sp³-hybridized carbons (Fsp3) is 0. The van der Waals surface area contributed by atoms with Gasteiger partial charge in [0.15, 0.2) is 0 Å². The molecular weight excluding hydrogens is 719 g/mol. The van der Waals surface area contributed by atoms with Crippen LogP contribution in [-0.4, -0.2) is 13.7 Å². The molecule has 13 rings (SSSR count). The molecule has 0 aliphatic heterocycles. The summed E-state index contributed by atoms with van der Waals surface area (Å²) in [6.07, 6.45) is 0. The van der Waals surface area contributed by atoms with Crippen molar-refractivity contribution in [2.45, 2.75) is 0 Å². The van der Waals surface area contributed by atoms with Crippen LogP contribution in [0.2, 0.25) is 0 Å². The highest BCUT2D eigenvalue weighted by Gasteiger charge is 2.22. The molecular formula is C55H33N3O. The van der Waals surface area contributed by atoms with Crippen molar-refractivity contribution in [3.8, 4) is 17.1 Å². The summed E-state index contributed by atoms with van der Waals surface area (Å²) >= 11 is 0. The third-order valence-electron chi connectivity index (χ3n) is 12.6. The van der Waals surface area contributed by atoms with Crippen molar-refractivity contribution >= 4 is 97.6 Å². The zero-order chi connectivity index (χ0) is 38.8. The summed E-state index contributed by atoms with van der Waals surface area (Å²) < 4.78 is 6.59. The van der Waals surface area contributed by atoms with E-state index in [1.165, 1.54) is 32.3 Å². The van der Waals surface area contributed by atoms with Gasteiger partial charge in [-0.3, -0.25) is 9.36 Å². The van der Waals surface area contributed by atoms with Gasteiger partial charge in [0.25, 0.3) is 5.56 Å². The monoisotopic (exact) mass is 751 g/mol. The number of fused-ring (bicyclic) bond motifs is 15. The van der Waals surface area contributed by atoms with Crippen molar-refractivity contribution in [2.75, 3.05) is 0 Å². The third-order valence-corrected chi connectivity index (χ3v) is 12.6. The summed E-state index contributed by atoms with van der Waals surface area (Å²) in [5.74, 6) is 0. The van der Waals surface area contributed by atoms with Gasteiger partial charge in [0.2, 0.25) is 0 Å². The number of aromatic nitrogens is 3. The van der Waals surface area contributed by atoms with E-state index in [2.05, 4.69) is 203 Å². The molecule has 0 N–H and O–H groups in total. The van der Waals surface area contributed by atoms with Crippen LogP contribution in [0.5, 0.6) is 0 Å². The summed E-state index contributed by atoms with van der Waals surface area (Å²) in [4.78, 5) is 15.7. The number of hydrogen-bond acceptors (Lipinski definition) is 1. The van der Waals surface area contributed by atoms with E-state index in [4.69, 9.17) is 0 Å². The quantitative estimate of drug-likeness (QED) is 0.165. The van der Waals surface area contributed by atoms with E-state index in [1.807, 2.05) is 10.6 Å². The van der Waals surface area contributed by atoms with Gasteiger partial charge in [0.1, 0.15) is 0 Å². The molecule has 4 nitrogen and oxygen atoms in total. The van der Waals surface area contributed by atoms with Crippen LogP contribution < -0.4 is 5.56 Å². The van der Waals surface area contributed by atoms with Crippen LogP contribution in [0, 0.1) is 0 Å². The van der Waals surface area contributed by atoms with Gasteiger partial charge in [-0.05, 0) is 110 Å². The van der Waals surface area contributed by atoms with Crippen molar-refractivity contribution in [3.63, 3.8) is 0 Å². The molecule has 0 saturated carbocycles. The maximum Gasteiger partial charge on any atom is 0.263 e. The highest BCUT2D eigenvalue weighted by molar-refractivity contribution is 6.26. The molecule has 59 heavy (non-hydrogen) atoms. The van der Waals surface area contributed by atoms with E-state index in [-0.39, 0.29) is 5.56 Å². The van der Waals surface area contributed by atoms with Gasteiger partial charge >= 0.3 is 0 Å². The van der Waals surface area contributed by atoms with Gasteiger partial charge in [-0.2, -0.15) is 0 Å². The van der Waals surface area contributed by atoms with Crippen LogP contribution in [0.15, 0.2) is 205 Å². The average molecular weight is 752 g/mol. The SMILES string of the molecule is O=c1c2cc3c(cc2c2cc4c5ccccc5n(-c5ccccc5)c4cc2n1-c1ccc2c4ccccc4c4ccccc4c2c1)c1ccccc1n3-c1ccccc1. The Kier molecular flexibility index (Phi) is 6.56. The molecule has 0 atom stereocenters. The average Bonchev–Trinajstić information content (AvgIpc) is 3.80. The predicted molar refractivity (Wildman–Crippen MR) is 248 cm³/mol. The van der Waals surface area contributed by atoms with Crippen molar-refractivity contribution in [1.29, 1.82) is 0 Å². The molecule has 10 aromatic carbocycles. The van der Waals surface area contributed by atoms with Crippen molar-refractivity contribution in [2.24, 2.45) is 0 Å². The molecule has 3 heterocycles. The van der Waals surface area contributed by atoms with Crippen molar-refractivity contribution in [1.82, 2.24) is 13.7 Å². The van der Waals surface area contributed by atoms with Gasteiger partial charge < -0.3 is 9.13 Å². The molecule has 13 aromatic rings. The maximum atomic E-state index is 15.7. The highest BCUT2D eigenvalue weighted by atomic mass is 16.1. The van der Waals surface area contributed by atoms with Gasteiger partial charge in [0.05, 0.1) is 33.0 Å². The fourth-order valence-electron chi connectivity index (χ4n) is 10.1. The molecule has 0 amide bonds. The summed E-state index contributed by atoms with van der Waals surface area (Å²) in [6, 6.07) is 71.0. The lowest BCUT2D eigenvalue weighted by Gasteiger charge is -2.17. The first-order valence-corrected chi connectivity index (χ1v) is 20.1. The van der Waals surface area contributed by atoms with Crippen LogP contribution in [0.1, 0.15) is 0 Å². The van der Waals surface area contributed by atoms with Crippen LogP contribution in [0.4, 0.5) is 0 Å². The second kappa shape index (κ2) is 12.0. The van der Waals surface area contributed by atoms with Crippen molar-refractivity contribution in [3.05, 3.63) is 211 Å². The summed E-state index contributed by atoms with van der Waals surface area (Å²) in [6.45, 7) is 0. The number of para-hydroxylation sites is 4. The van der Waals surface area contributed by atoms with Gasteiger partial charge in [-0.25, -0.2) is 0 Å². The molecule has 0 aliphatic carbocycles. The number of nitrogens with zero attached hydrogens (tertiary/aromatic N) is 3. The Bertz CT molecular complexity index is 3930. The fourth-order valence-corrected chi connectivity index (χ4v) is 10.1. The van der Waals surface area contributed by atoms with E-state index in [0.29, 0.717) is 5.39 Å². The van der Waals surface area contributed by atoms with E-state index in [0.717, 1.165) is 77.0 Å². The Morgan fingerprint density at radius 2 is 0.610 bits per heavy atom. The van der Waals surface area contributed by atoms with E-state index < -0.39 is 0 Å². The summed E-state index contributed by atoms with van der Waals surface area (Å²) in [5.41, 5.74) is 8.07. The minimum atomic E-state index is -0.0505. The molecule has 0 fully saturated rings. The molecule has 0 aliphatic rings. The maximum absolute atomic E-state index is 15.7.